The summed E-state index contributed by atoms with van der Waals surface area (Å²) in [7, 11) is 0. The van der Waals surface area contributed by atoms with Gasteiger partial charge < -0.3 is 24.6 Å². The molecule has 3 heterocycles. The van der Waals surface area contributed by atoms with E-state index in [4.69, 9.17) is 19.6 Å². The Labute approximate surface area is 262 Å². The topological polar surface area (TPSA) is 109 Å². The van der Waals surface area contributed by atoms with Crippen LogP contribution in [0, 0.1) is 19.7 Å². The molecule has 2 aromatic carbocycles. The minimum atomic E-state index is -1.29. The maximum atomic E-state index is 15.0. The number of anilines is 1. The van der Waals surface area contributed by atoms with Gasteiger partial charge in [-0.15, -0.1) is 6.58 Å². The van der Waals surface area contributed by atoms with Crippen LogP contribution >= 0.6 is 0 Å². The molecule has 1 unspecified atom stereocenters. The molecule has 0 spiro atoms. The van der Waals surface area contributed by atoms with Gasteiger partial charge in [-0.2, -0.15) is 9.61 Å². The second-order valence-corrected chi connectivity index (χ2v) is 12.9. The number of carboxylic acid groups (broad SMARTS) is 1. The maximum Gasteiger partial charge on any atom is 0.337 e. The van der Waals surface area contributed by atoms with Crippen molar-refractivity contribution in [3.05, 3.63) is 77.8 Å². The first-order valence-corrected chi connectivity index (χ1v) is 15.1. The summed E-state index contributed by atoms with van der Waals surface area (Å²) < 4.78 is 28.9. The van der Waals surface area contributed by atoms with Gasteiger partial charge in [-0.05, 0) is 83.7 Å². The largest absolute Gasteiger partial charge is 0.507 e. The lowest BCUT2D eigenvalue weighted by Gasteiger charge is -2.41. The van der Waals surface area contributed by atoms with Crippen LogP contribution in [0.1, 0.15) is 63.5 Å². The van der Waals surface area contributed by atoms with Crippen LogP contribution in [-0.4, -0.2) is 61.7 Å². The van der Waals surface area contributed by atoms with Crippen LogP contribution in [0.4, 0.5) is 10.2 Å². The third kappa shape index (κ3) is 6.72. The number of carboxylic acids is 1. The Hall–Kier alpha value is -4.28. The molecular formula is C35H41FN4O5. The van der Waals surface area contributed by atoms with Crippen LogP contribution in [0.25, 0.3) is 28.0 Å². The van der Waals surface area contributed by atoms with Crippen molar-refractivity contribution < 1.29 is 28.9 Å². The molecular weight excluding hydrogens is 575 g/mol. The molecule has 1 aliphatic heterocycles. The Morgan fingerprint density at radius 1 is 1.16 bits per heavy atom. The number of piperidine rings is 1. The number of phenolic OH excluding ortho intramolecular Hbond substituents is 1. The summed E-state index contributed by atoms with van der Waals surface area (Å²) in [4.78, 5) is 19.6. The second kappa shape index (κ2) is 12.3. The zero-order valence-electron chi connectivity index (χ0n) is 26.7. The monoisotopic (exact) mass is 616 g/mol. The Morgan fingerprint density at radius 3 is 2.47 bits per heavy atom. The van der Waals surface area contributed by atoms with Gasteiger partial charge in [-0.1, -0.05) is 24.3 Å². The van der Waals surface area contributed by atoms with Gasteiger partial charge in [-0.25, -0.2) is 14.2 Å². The van der Waals surface area contributed by atoms with Gasteiger partial charge in [0.05, 0.1) is 34.6 Å². The van der Waals surface area contributed by atoms with Crippen molar-refractivity contribution in [3.63, 3.8) is 0 Å². The predicted molar refractivity (Wildman–Crippen MR) is 172 cm³/mol. The number of hydrogen-bond donors (Lipinski definition) is 2. The number of nitrogens with zero attached hydrogens (tertiary/aromatic N) is 4. The minimum absolute atomic E-state index is 0.113. The molecule has 1 saturated heterocycles. The lowest BCUT2D eigenvalue weighted by molar-refractivity contribution is -0.160. The molecule has 1 fully saturated rings. The number of rotatable bonds is 9. The number of aliphatic carboxylic acids is 1. The van der Waals surface area contributed by atoms with Crippen LogP contribution in [0.5, 0.6) is 5.75 Å². The van der Waals surface area contributed by atoms with Gasteiger partial charge in [0.2, 0.25) is 0 Å². The van der Waals surface area contributed by atoms with Crippen molar-refractivity contribution in [1.29, 1.82) is 0 Å². The molecule has 0 saturated carbocycles. The first-order chi connectivity index (χ1) is 21.2. The van der Waals surface area contributed by atoms with Crippen molar-refractivity contribution in [2.24, 2.45) is 0 Å². The Balaban J connectivity index is 1.66. The zero-order valence-corrected chi connectivity index (χ0v) is 26.7. The van der Waals surface area contributed by atoms with Crippen molar-refractivity contribution in [2.45, 2.75) is 71.7 Å². The highest BCUT2D eigenvalue weighted by Crippen LogP contribution is 2.39. The summed E-state index contributed by atoms with van der Waals surface area (Å²) in [6.45, 7) is 16.5. The van der Waals surface area contributed by atoms with Crippen molar-refractivity contribution in [3.8, 4) is 28.1 Å². The summed E-state index contributed by atoms with van der Waals surface area (Å²) in [5.74, 6) is -1.18. The van der Waals surface area contributed by atoms with Crippen molar-refractivity contribution in [2.75, 3.05) is 24.6 Å². The van der Waals surface area contributed by atoms with Crippen molar-refractivity contribution >= 4 is 17.4 Å². The van der Waals surface area contributed by atoms with E-state index in [1.165, 1.54) is 12.1 Å². The summed E-state index contributed by atoms with van der Waals surface area (Å²) >= 11 is 0. The number of hydrogen-bond acceptors (Lipinski definition) is 7. The molecule has 2 N–H and O–H groups in total. The van der Waals surface area contributed by atoms with Gasteiger partial charge in [-0.3, -0.25) is 0 Å². The van der Waals surface area contributed by atoms with Crippen LogP contribution in [0.3, 0.4) is 0 Å². The first-order valence-electron chi connectivity index (χ1n) is 15.1. The summed E-state index contributed by atoms with van der Waals surface area (Å²) in [5.41, 5.74) is 2.90. The molecule has 1 aliphatic rings. The molecule has 0 radical (unpaired) electrons. The number of benzene rings is 2. The molecule has 9 nitrogen and oxygen atoms in total. The van der Waals surface area contributed by atoms with Gasteiger partial charge in [0.1, 0.15) is 17.4 Å². The van der Waals surface area contributed by atoms with Crippen LogP contribution < -0.4 is 4.90 Å². The summed E-state index contributed by atoms with van der Waals surface area (Å²) in [6, 6.07) is 11.9. The smallest absolute Gasteiger partial charge is 0.337 e. The maximum absolute atomic E-state index is 15.0. The molecule has 0 aliphatic carbocycles. The standard InChI is InChI=1S/C35H41FN4O5/c1-8-16-44-35(7)12-14-39(15-13-35)32-29(31(33(42)43)45-34(4,5)6)22(3)37-28-20-26(38-40(28)32)23-10-9-11-24(19-23)30-25(36)17-21(2)18-27(30)41/h8-11,17-20,31,41H,1,12-16H2,2-7H3,(H,42,43). The van der Waals surface area contributed by atoms with E-state index in [2.05, 4.69) is 18.4 Å². The molecule has 0 bridgehead atoms. The first kappa shape index (κ1) is 32.1. The average Bonchev–Trinajstić information content (AvgIpc) is 3.38. The number of ether oxygens (including phenoxy) is 2. The van der Waals surface area contributed by atoms with E-state index in [0.717, 1.165) is 0 Å². The van der Waals surface area contributed by atoms with E-state index >= 15 is 0 Å². The van der Waals surface area contributed by atoms with Gasteiger partial charge in [0.15, 0.2) is 11.8 Å². The second-order valence-electron chi connectivity index (χ2n) is 12.9. The quantitative estimate of drug-likeness (QED) is 0.193. The normalized spacial score (nSPS) is 15.8. The molecule has 45 heavy (non-hydrogen) atoms. The molecule has 1 atom stereocenters. The average molecular weight is 617 g/mol. The SMILES string of the molecule is C=CCOC1(C)CCN(c2c(C(OC(C)(C)C)C(=O)O)c(C)nc3cc(-c4cccc(-c5c(O)cc(C)cc5F)c4)nn23)CC1. The van der Waals surface area contributed by atoms with Crippen LogP contribution in [0.2, 0.25) is 0 Å². The molecule has 2 aromatic heterocycles. The van der Waals surface area contributed by atoms with Gasteiger partial charge >= 0.3 is 5.97 Å². The van der Waals surface area contributed by atoms with Gasteiger partial charge in [0, 0.05) is 30.4 Å². The lowest BCUT2D eigenvalue weighted by atomic mass is 9.92. The third-order valence-electron chi connectivity index (χ3n) is 8.09. The van der Waals surface area contributed by atoms with Crippen LogP contribution in [0.15, 0.2) is 55.1 Å². The Morgan fingerprint density at radius 2 is 1.84 bits per heavy atom. The van der Waals surface area contributed by atoms with E-state index in [0.29, 0.717) is 77.6 Å². The number of aryl methyl sites for hydroxylation is 2. The number of aromatic hydroxyl groups is 1. The molecule has 4 aromatic rings. The number of halogens is 1. The predicted octanol–water partition coefficient (Wildman–Crippen LogP) is 7.03. The fourth-order valence-corrected chi connectivity index (χ4v) is 5.89. The Bertz CT molecular complexity index is 1730. The van der Waals surface area contributed by atoms with Crippen LogP contribution in [-0.2, 0) is 14.3 Å². The Kier molecular flexibility index (Phi) is 8.75. The number of fused-ring (bicyclic) bond motifs is 1. The fraction of sp³-hybridized carbons (Fsp3) is 0.400. The van der Waals surface area contributed by atoms with E-state index in [1.54, 1.807) is 42.6 Å². The third-order valence-corrected chi connectivity index (χ3v) is 8.09. The van der Waals surface area contributed by atoms with Gasteiger partial charge in [0.25, 0.3) is 0 Å². The van der Waals surface area contributed by atoms with E-state index < -0.39 is 23.5 Å². The zero-order chi connectivity index (χ0) is 32.7. The summed E-state index contributed by atoms with van der Waals surface area (Å²) in [5, 5.41) is 25.9. The lowest BCUT2D eigenvalue weighted by Crippen LogP contribution is -2.45. The van der Waals surface area contributed by atoms with E-state index in [-0.39, 0.29) is 16.9 Å². The minimum Gasteiger partial charge on any atom is -0.507 e. The number of aromatic nitrogens is 3. The van der Waals surface area contributed by atoms with E-state index in [1.807, 2.05) is 32.9 Å². The molecule has 5 rings (SSSR count). The highest BCUT2D eigenvalue weighted by atomic mass is 19.1. The molecule has 10 heteroatoms. The number of phenols is 1. The highest BCUT2D eigenvalue weighted by Gasteiger charge is 2.37. The highest BCUT2D eigenvalue weighted by molar-refractivity contribution is 5.80. The number of carbonyl (C=O) groups is 1. The molecule has 238 valence electrons. The van der Waals surface area contributed by atoms with E-state index in [9.17, 15) is 19.4 Å². The summed E-state index contributed by atoms with van der Waals surface area (Å²) in [6.07, 6.45) is 1.87. The van der Waals surface area contributed by atoms with Crippen molar-refractivity contribution in [1.82, 2.24) is 14.6 Å². The molecule has 0 amide bonds. The fourth-order valence-electron chi connectivity index (χ4n) is 5.89.